The molecule has 1 atom stereocenters. The topological polar surface area (TPSA) is 82.9 Å². The maximum atomic E-state index is 14.0. The Balaban J connectivity index is 1.75. The summed E-state index contributed by atoms with van der Waals surface area (Å²) < 4.78 is 18.2. The highest BCUT2D eigenvalue weighted by molar-refractivity contribution is 5.79. The fraction of sp³-hybridized carbons (Fsp3) is 0.400. The molecule has 0 fully saturated rings. The maximum absolute atomic E-state index is 14.0. The summed E-state index contributed by atoms with van der Waals surface area (Å²) >= 11 is 0. The maximum Gasteiger partial charge on any atom is 0.266 e. The highest BCUT2D eigenvalue weighted by atomic mass is 16.5. The summed E-state index contributed by atoms with van der Waals surface area (Å²) in [5, 5.41) is 0.523. The number of fused-ring (bicyclic) bond motifs is 1. The molecule has 0 radical (unpaired) electrons. The van der Waals surface area contributed by atoms with Gasteiger partial charge in [-0.2, -0.15) is 0 Å². The Labute approximate surface area is 254 Å². The molecule has 0 saturated heterocycles. The molecule has 4 aromatic rings. The molecule has 0 saturated carbocycles. The van der Waals surface area contributed by atoms with E-state index >= 15 is 0 Å². The minimum Gasteiger partial charge on any atom is -0.494 e. The quantitative estimate of drug-likeness (QED) is 0.141. The molecular formula is C35H43N3O5. The summed E-state index contributed by atoms with van der Waals surface area (Å²) in [4.78, 5) is 34.7. The van der Waals surface area contributed by atoms with Crippen molar-refractivity contribution in [2.45, 2.75) is 65.3 Å². The highest BCUT2D eigenvalue weighted by Crippen LogP contribution is 2.29. The molecule has 8 nitrogen and oxygen atoms in total. The van der Waals surface area contributed by atoms with Crippen molar-refractivity contribution in [1.82, 2.24) is 14.5 Å². The van der Waals surface area contributed by atoms with Crippen molar-refractivity contribution in [2.75, 3.05) is 27.4 Å². The molecule has 1 aromatic heterocycles. The largest absolute Gasteiger partial charge is 0.494 e. The molecule has 0 bridgehead atoms. The second kappa shape index (κ2) is 15.2. The summed E-state index contributed by atoms with van der Waals surface area (Å²) in [6.07, 6.45) is 5.07. The molecule has 228 valence electrons. The first-order valence-corrected chi connectivity index (χ1v) is 15.2. The van der Waals surface area contributed by atoms with Gasteiger partial charge >= 0.3 is 0 Å². The van der Waals surface area contributed by atoms with Crippen molar-refractivity contribution in [1.29, 1.82) is 0 Å². The Morgan fingerprint density at radius 3 is 2.37 bits per heavy atom. The van der Waals surface area contributed by atoms with E-state index in [0.29, 0.717) is 59.9 Å². The van der Waals surface area contributed by atoms with E-state index in [1.807, 2.05) is 79.4 Å². The standard InChI is InChI=1S/C35H43N3O5/c1-6-8-9-10-15-33(39)37(23-22-26-16-21-31(41-4)32(24-26)42-5)25(3)34-36-30-14-12-11-13-29(30)35(40)38(34)27-17-19-28(20-18-27)43-7-2/h11-14,16-21,24-25H,6-10,15,22-23H2,1-5H3. The fourth-order valence-corrected chi connectivity index (χ4v) is 5.34. The van der Waals surface area contributed by atoms with Gasteiger partial charge in [-0.1, -0.05) is 44.4 Å². The van der Waals surface area contributed by atoms with Crippen molar-refractivity contribution in [2.24, 2.45) is 0 Å². The SMILES string of the molecule is CCCCCCC(=O)N(CCc1ccc(OC)c(OC)c1)C(C)c1nc2ccccc2c(=O)n1-c1ccc(OCC)cc1. The number of rotatable bonds is 15. The molecule has 1 unspecified atom stereocenters. The van der Waals surface area contributed by atoms with E-state index in [1.165, 1.54) is 0 Å². The molecule has 4 rings (SSSR count). The summed E-state index contributed by atoms with van der Waals surface area (Å²) in [5.41, 5.74) is 2.12. The summed E-state index contributed by atoms with van der Waals surface area (Å²) in [6, 6.07) is 20.1. The Kier molecular flexibility index (Phi) is 11.2. The van der Waals surface area contributed by atoms with Crippen LogP contribution in [0.15, 0.2) is 71.5 Å². The monoisotopic (exact) mass is 585 g/mol. The van der Waals surface area contributed by atoms with Gasteiger partial charge in [0.1, 0.15) is 11.6 Å². The number of unbranched alkanes of at least 4 members (excludes halogenated alkanes) is 3. The van der Waals surface area contributed by atoms with Crippen LogP contribution < -0.4 is 19.8 Å². The van der Waals surface area contributed by atoms with Gasteiger partial charge in [-0.25, -0.2) is 4.98 Å². The van der Waals surface area contributed by atoms with Gasteiger partial charge < -0.3 is 19.1 Å². The van der Waals surface area contributed by atoms with Crippen LogP contribution in [0.1, 0.15) is 70.3 Å². The summed E-state index contributed by atoms with van der Waals surface area (Å²) in [5.74, 6) is 2.59. The first-order valence-electron chi connectivity index (χ1n) is 15.2. The molecule has 0 spiro atoms. The lowest BCUT2D eigenvalue weighted by Gasteiger charge is -2.31. The van der Waals surface area contributed by atoms with Crippen LogP contribution in [0.3, 0.4) is 0 Å². The first kappa shape index (κ1) is 31.6. The number of ether oxygens (including phenoxy) is 3. The third kappa shape index (κ3) is 7.55. The summed E-state index contributed by atoms with van der Waals surface area (Å²) in [6.45, 7) is 7.05. The molecule has 1 heterocycles. The van der Waals surface area contributed by atoms with Crippen LogP contribution in [-0.2, 0) is 11.2 Å². The smallest absolute Gasteiger partial charge is 0.266 e. The normalized spacial score (nSPS) is 11.7. The number of amides is 1. The van der Waals surface area contributed by atoms with Gasteiger partial charge in [0.2, 0.25) is 5.91 Å². The minimum absolute atomic E-state index is 0.0460. The number of nitrogens with zero attached hydrogens (tertiary/aromatic N) is 3. The molecule has 3 aromatic carbocycles. The number of carbonyl (C=O) groups is 1. The van der Waals surface area contributed by atoms with Gasteiger partial charge in [-0.3, -0.25) is 14.2 Å². The lowest BCUT2D eigenvalue weighted by Crippen LogP contribution is -2.38. The van der Waals surface area contributed by atoms with Crippen molar-refractivity contribution in [3.05, 3.63) is 88.5 Å². The predicted molar refractivity (Wildman–Crippen MR) is 171 cm³/mol. The number of hydrogen-bond acceptors (Lipinski definition) is 6. The fourth-order valence-electron chi connectivity index (χ4n) is 5.34. The zero-order valence-electron chi connectivity index (χ0n) is 26.0. The van der Waals surface area contributed by atoms with E-state index in [1.54, 1.807) is 24.9 Å². The van der Waals surface area contributed by atoms with Crippen molar-refractivity contribution < 1.29 is 19.0 Å². The van der Waals surface area contributed by atoms with Gasteiger partial charge in [0, 0.05) is 13.0 Å². The first-order chi connectivity index (χ1) is 20.9. The van der Waals surface area contributed by atoms with Crippen molar-refractivity contribution >= 4 is 16.8 Å². The van der Waals surface area contributed by atoms with E-state index in [2.05, 4.69) is 6.92 Å². The molecule has 8 heteroatoms. The van der Waals surface area contributed by atoms with E-state index in [0.717, 1.165) is 37.0 Å². The zero-order chi connectivity index (χ0) is 30.8. The average Bonchev–Trinajstić information content (AvgIpc) is 3.03. The Hall–Kier alpha value is -4.33. The lowest BCUT2D eigenvalue weighted by atomic mass is 10.1. The minimum atomic E-state index is -0.470. The molecular weight excluding hydrogens is 542 g/mol. The number of para-hydroxylation sites is 1. The van der Waals surface area contributed by atoms with Crippen LogP contribution in [0.4, 0.5) is 0 Å². The number of methoxy groups -OCH3 is 2. The number of aromatic nitrogens is 2. The average molecular weight is 586 g/mol. The van der Waals surface area contributed by atoms with Gasteiger partial charge in [-0.15, -0.1) is 0 Å². The van der Waals surface area contributed by atoms with Crippen LogP contribution in [-0.4, -0.2) is 47.7 Å². The molecule has 0 aliphatic rings. The molecule has 0 aliphatic carbocycles. The third-order valence-electron chi connectivity index (χ3n) is 7.70. The van der Waals surface area contributed by atoms with Crippen molar-refractivity contribution in [3.8, 4) is 22.9 Å². The molecule has 43 heavy (non-hydrogen) atoms. The second-order valence-electron chi connectivity index (χ2n) is 10.6. The Morgan fingerprint density at radius 1 is 0.930 bits per heavy atom. The van der Waals surface area contributed by atoms with Gasteiger partial charge in [0.05, 0.1) is 43.5 Å². The van der Waals surface area contributed by atoms with E-state index in [-0.39, 0.29) is 11.5 Å². The summed E-state index contributed by atoms with van der Waals surface area (Å²) in [7, 11) is 3.22. The number of benzene rings is 3. The number of hydrogen-bond donors (Lipinski definition) is 0. The Morgan fingerprint density at radius 2 is 1.67 bits per heavy atom. The highest BCUT2D eigenvalue weighted by Gasteiger charge is 2.27. The molecule has 1 amide bonds. The van der Waals surface area contributed by atoms with E-state index in [9.17, 15) is 9.59 Å². The third-order valence-corrected chi connectivity index (χ3v) is 7.70. The van der Waals surface area contributed by atoms with Gasteiger partial charge in [0.25, 0.3) is 5.56 Å². The van der Waals surface area contributed by atoms with Crippen LogP contribution in [0.5, 0.6) is 17.2 Å². The second-order valence-corrected chi connectivity index (χ2v) is 10.6. The molecule has 0 N–H and O–H groups in total. The Bertz CT molecular complexity index is 1560. The van der Waals surface area contributed by atoms with Gasteiger partial charge in [0.15, 0.2) is 11.5 Å². The van der Waals surface area contributed by atoms with Crippen LogP contribution in [0.2, 0.25) is 0 Å². The van der Waals surface area contributed by atoms with Crippen LogP contribution in [0.25, 0.3) is 16.6 Å². The van der Waals surface area contributed by atoms with E-state index in [4.69, 9.17) is 19.2 Å². The lowest BCUT2D eigenvalue weighted by molar-refractivity contribution is -0.133. The number of carbonyl (C=O) groups excluding carboxylic acids is 1. The van der Waals surface area contributed by atoms with Crippen molar-refractivity contribution in [3.63, 3.8) is 0 Å². The van der Waals surface area contributed by atoms with Crippen LogP contribution >= 0.6 is 0 Å². The molecule has 0 aliphatic heterocycles. The van der Waals surface area contributed by atoms with E-state index < -0.39 is 6.04 Å². The van der Waals surface area contributed by atoms with Gasteiger partial charge in [-0.05, 0) is 80.8 Å². The predicted octanol–water partition coefficient (Wildman–Crippen LogP) is 6.90. The van der Waals surface area contributed by atoms with Crippen LogP contribution in [0, 0.1) is 0 Å². The zero-order valence-corrected chi connectivity index (χ0v) is 26.0.